The standard InChI is InChI=1S/C12H18ClNO3S/c1-3-11-5-4-10(9-13)8-12(11)18(15,16)14-6-7-17-2/h4-5,8,14H,3,6-7,9H2,1-2H3. The lowest BCUT2D eigenvalue weighted by Crippen LogP contribution is -2.28. The predicted octanol–water partition coefficient (Wildman–Crippen LogP) is 1.91. The van der Waals surface area contributed by atoms with E-state index in [0.29, 0.717) is 23.8 Å². The van der Waals surface area contributed by atoms with Crippen LogP contribution < -0.4 is 4.72 Å². The van der Waals surface area contributed by atoms with Crippen molar-refractivity contribution >= 4 is 21.6 Å². The highest BCUT2D eigenvalue weighted by atomic mass is 35.5. The molecule has 0 aliphatic carbocycles. The highest BCUT2D eigenvalue weighted by Gasteiger charge is 2.17. The van der Waals surface area contributed by atoms with Gasteiger partial charge in [-0.15, -0.1) is 11.6 Å². The number of hydrogen-bond acceptors (Lipinski definition) is 3. The van der Waals surface area contributed by atoms with Crippen molar-refractivity contribution in [1.82, 2.24) is 4.72 Å². The molecule has 0 fully saturated rings. The number of sulfonamides is 1. The van der Waals surface area contributed by atoms with E-state index in [1.165, 1.54) is 7.11 Å². The Morgan fingerprint density at radius 1 is 1.39 bits per heavy atom. The van der Waals surface area contributed by atoms with Gasteiger partial charge in [0.25, 0.3) is 0 Å². The van der Waals surface area contributed by atoms with Crippen LogP contribution in [0.5, 0.6) is 0 Å². The molecule has 0 unspecified atom stereocenters. The second-order valence-corrected chi connectivity index (χ2v) is 5.82. The largest absolute Gasteiger partial charge is 0.383 e. The van der Waals surface area contributed by atoms with Crippen molar-refractivity contribution < 1.29 is 13.2 Å². The number of methoxy groups -OCH3 is 1. The van der Waals surface area contributed by atoms with Crippen molar-refractivity contribution in [3.8, 4) is 0 Å². The quantitative estimate of drug-likeness (QED) is 0.617. The van der Waals surface area contributed by atoms with Gasteiger partial charge in [0.05, 0.1) is 11.5 Å². The summed E-state index contributed by atoms with van der Waals surface area (Å²) in [6, 6.07) is 5.28. The van der Waals surface area contributed by atoms with Gasteiger partial charge in [0, 0.05) is 19.5 Å². The van der Waals surface area contributed by atoms with Crippen LogP contribution in [0.2, 0.25) is 0 Å². The Kier molecular flexibility index (Phi) is 6.08. The van der Waals surface area contributed by atoms with Crippen LogP contribution in [0.25, 0.3) is 0 Å². The highest BCUT2D eigenvalue weighted by Crippen LogP contribution is 2.19. The fraction of sp³-hybridized carbons (Fsp3) is 0.500. The molecule has 1 aromatic carbocycles. The Bertz CT molecular complexity index is 488. The summed E-state index contributed by atoms with van der Waals surface area (Å²) in [5, 5.41) is 0. The number of nitrogens with one attached hydrogen (secondary N) is 1. The van der Waals surface area contributed by atoms with Crippen LogP contribution in [-0.2, 0) is 27.1 Å². The lowest BCUT2D eigenvalue weighted by Gasteiger charge is -2.11. The Hall–Kier alpha value is -0.620. The third-order valence-corrected chi connectivity index (χ3v) is 4.41. The van der Waals surface area contributed by atoms with Crippen LogP contribution in [0, 0.1) is 0 Å². The van der Waals surface area contributed by atoms with Gasteiger partial charge in [-0.3, -0.25) is 0 Å². The first-order chi connectivity index (χ1) is 8.55. The summed E-state index contributed by atoms with van der Waals surface area (Å²) >= 11 is 5.74. The first-order valence-electron chi connectivity index (χ1n) is 5.71. The third kappa shape index (κ3) is 3.95. The molecule has 1 N–H and O–H groups in total. The SMILES string of the molecule is CCc1ccc(CCl)cc1S(=O)(=O)NCCOC. The van der Waals surface area contributed by atoms with E-state index in [2.05, 4.69) is 4.72 Å². The summed E-state index contributed by atoms with van der Waals surface area (Å²) in [4.78, 5) is 0.305. The molecule has 0 saturated heterocycles. The fourth-order valence-corrected chi connectivity index (χ4v) is 3.12. The average molecular weight is 292 g/mol. The Labute approximate surface area is 113 Å². The molecule has 0 aromatic heterocycles. The molecule has 0 atom stereocenters. The van der Waals surface area contributed by atoms with Gasteiger partial charge in [-0.25, -0.2) is 13.1 Å². The minimum atomic E-state index is -3.50. The molecule has 0 heterocycles. The van der Waals surface area contributed by atoms with E-state index in [9.17, 15) is 8.42 Å². The van der Waals surface area contributed by atoms with Crippen LogP contribution in [0.15, 0.2) is 23.1 Å². The normalized spacial score (nSPS) is 11.7. The molecular weight excluding hydrogens is 274 g/mol. The summed E-state index contributed by atoms with van der Waals surface area (Å²) in [6.07, 6.45) is 0.656. The molecule has 18 heavy (non-hydrogen) atoms. The smallest absolute Gasteiger partial charge is 0.240 e. The van der Waals surface area contributed by atoms with Gasteiger partial charge in [0.1, 0.15) is 0 Å². The van der Waals surface area contributed by atoms with E-state index in [1.807, 2.05) is 19.1 Å². The molecule has 6 heteroatoms. The maximum Gasteiger partial charge on any atom is 0.240 e. The maximum absolute atomic E-state index is 12.1. The number of aryl methyl sites for hydroxylation is 1. The zero-order valence-corrected chi connectivity index (χ0v) is 12.1. The number of halogens is 1. The molecule has 0 aliphatic heterocycles. The summed E-state index contributed by atoms with van der Waals surface area (Å²) < 4.78 is 31.6. The van der Waals surface area contributed by atoms with E-state index in [-0.39, 0.29) is 6.54 Å². The molecule has 0 amide bonds. The third-order valence-electron chi connectivity index (χ3n) is 2.55. The Morgan fingerprint density at radius 2 is 2.11 bits per heavy atom. The van der Waals surface area contributed by atoms with Crippen molar-refractivity contribution in [2.24, 2.45) is 0 Å². The number of hydrogen-bond donors (Lipinski definition) is 1. The van der Waals surface area contributed by atoms with Crippen molar-refractivity contribution in [1.29, 1.82) is 0 Å². The van der Waals surface area contributed by atoms with Crippen LogP contribution in [0.3, 0.4) is 0 Å². The summed E-state index contributed by atoms with van der Waals surface area (Å²) in [7, 11) is -1.97. The van der Waals surface area contributed by atoms with Crippen LogP contribution in [0.1, 0.15) is 18.1 Å². The van der Waals surface area contributed by atoms with Crippen molar-refractivity contribution in [2.75, 3.05) is 20.3 Å². The minimum Gasteiger partial charge on any atom is -0.383 e. The summed E-state index contributed by atoms with van der Waals surface area (Å²) in [5.41, 5.74) is 1.58. The van der Waals surface area contributed by atoms with Crippen molar-refractivity contribution in [3.63, 3.8) is 0 Å². The lowest BCUT2D eigenvalue weighted by molar-refractivity contribution is 0.204. The Morgan fingerprint density at radius 3 is 2.67 bits per heavy atom. The van der Waals surface area contributed by atoms with E-state index < -0.39 is 10.0 Å². The molecule has 0 radical (unpaired) electrons. The Balaban J connectivity index is 3.05. The first kappa shape index (κ1) is 15.4. The molecular formula is C12H18ClNO3S. The first-order valence-corrected chi connectivity index (χ1v) is 7.73. The van der Waals surface area contributed by atoms with E-state index in [4.69, 9.17) is 16.3 Å². The van der Waals surface area contributed by atoms with Gasteiger partial charge in [-0.2, -0.15) is 0 Å². The second kappa shape index (κ2) is 7.09. The second-order valence-electron chi connectivity index (χ2n) is 3.82. The number of benzene rings is 1. The monoisotopic (exact) mass is 291 g/mol. The van der Waals surface area contributed by atoms with Crippen molar-refractivity contribution in [3.05, 3.63) is 29.3 Å². The van der Waals surface area contributed by atoms with E-state index >= 15 is 0 Å². The lowest BCUT2D eigenvalue weighted by atomic mass is 10.1. The topological polar surface area (TPSA) is 55.4 Å². The van der Waals surface area contributed by atoms with E-state index in [0.717, 1.165) is 11.1 Å². The molecule has 1 aromatic rings. The molecule has 0 saturated carbocycles. The number of ether oxygens (including phenoxy) is 1. The van der Waals surface area contributed by atoms with Crippen LogP contribution >= 0.6 is 11.6 Å². The fourth-order valence-electron chi connectivity index (χ4n) is 1.58. The molecule has 0 spiro atoms. The highest BCUT2D eigenvalue weighted by molar-refractivity contribution is 7.89. The summed E-state index contributed by atoms with van der Waals surface area (Å²) in [6.45, 7) is 2.52. The van der Waals surface area contributed by atoms with Gasteiger partial charge in [0.2, 0.25) is 10.0 Å². The van der Waals surface area contributed by atoms with Gasteiger partial charge in [-0.1, -0.05) is 19.1 Å². The van der Waals surface area contributed by atoms with Gasteiger partial charge in [0.15, 0.2) is 0 Å². The van der Waals surface area contributed by atoms with Crippen molar-refractivity contribution in [2.45, 2.75) is 24.1 Å². The maximum atomic E-state index is 12.1. The molecule has 4 nitrogen and oxygen atoms in total. The number of rotatable bonds is 7. The van der Waals surface area contributed by atoms with Crippen LogP contribution in [-0.4, -0.2) is 28.7 Å². The molecule has 102 valence electrons. The average Bonchev–Trinajstić information content (AvgIpc) is 2.38. The minimum absolute atomic E-state index is 0.257. The zero-order valence-electron chi connectivity index (χ0n) is 10.6. The van der Waals surface area contributed by atoms with Crippen LogP contribution in [0.4, 0.5) is 0 Å². The molecule has 0 aliphatic rings. The van der Waals surface area contributed by atoms with Gasteiger partial charge < -0.3 is 4.74 Å². The van der Waals surface area contributed by atoms with Gasteiger partial charge >= 0.3 is 0 Å². The molecule has 1 rings (SSSR count). The number of alkyl halides is 1. The molecule has 0 bridgehead atoms. The van der Waals surface area contributed by atoms with Gasteiger partial charge in [-0.05, 0) is 23.6 Å². The summed E-state index contributed by atoms with van der Waals surface area (Å²) in [5.74, 6) is 0.296. The predicted molar refractivity (Wildman–Crippen MR) is 72.4 cm³/mol. The van der Waals surface area contributed by atoms with E-state index in [1.54, 1.807) is 6.07 Å². The zero-order chi connectivity index (χ0) is 13.6.